The third kappa shape index (κ3) is 5.01. The predicted molar refractivity (Wildman–Crippen MR) is 86.4 cm³/mol. The molecule has 0 bridgehead atoms. The maximum atomic E-state index is 6.23. The van der Waals surface area contributed by atoms with E-state index in [1.807, 2.05) is 0 Å². The lowest BCUT2D eigenvalue weighted by atomic mass is 9.68. The average Bonchev–Trinajstić information content (AvgIpc) is 2.38. The molecule has 3 nitrogen and oxygen atoms in total. The Morgan fingerprint density at radius 3 is 2.15 bits per heavy atom. The minimum absolute atomic E-state index is 0.0456. The van der Waals surface area contributed by atoms with Crippen molar-refractivity contribution in [1.29, 1.82) is 0 Å². The average molecular weight is 284 g/mol. The van der Waals surface area contributed by atoms with Gasteiger partial charge in [-0.25, -0.2) is 0 Å². The highest BCUT2D eigenvalue weighted by Gasteiger charge is 2.44. The lowest BCUT2D eigenvalue weighted by Gasteiger charge is -2.47. The summed E-state index contributed by atoms with van der Waals surface area (Å²) in [5.74, 6) is 6.64. The molecule has 1 saturated carbocycles. The van der Waals surface area contributed by atoms with Crippen LogP contribution in [0.2, 0.25) is 0 Å². The van der Waals surface area contributed by atoms with E-state index in [0.717, 1.165) is 31.8 Å². The number of nitrogens with one attached hydrogen (secondary N) is 1. The molecular weight excluding hydrogens is 248 g/mol. The van der Waals surface area contributed by atoms with E-state index in [1.165, 1.54) is 25.7 Å². The van der Waals surface area contributed by atoms with Crippen LogP contribution in [0.3, 0.4) is 0 Å². The summed E-state index contributed by atoms with van der Waals surface area (Å²) >= 11 is 0. The molecule has 20 heavy (non-hydrogen) atoms. The first-order valence-electron chi connectivity index (χ1n) is 8.45. The Morgan fingerprint density at radius 2 is 1.70 bits per heavy atom. The first-order valence-corrected chi connectivity index (χ1v) is 8.45. The molecule has 0 aromatic carbocycles. The summed E-state index contributed by atoms with van der Waals surface area (Å²) in [4.78, 5) is 0. The molecule has 1 aliphatic carbocycles. The van der Waals surface area contributed by atoms with Crippen LogP contribution in [-0.2, 0) is 4.74 Å². The fourth-order valence-electron chi connectivity index (χ4n) is 3.46. The van der Waals surface area contributed by atoms with Crippen molar-refractivity contribution >= 4 is 0 Å². The van der Waals surface area contributed by atoms with Crippen molar-refractivity contribution < 1.29 is 4.74 Å². The molecular formula is C17H36N2O. The lowest BCUT2D eigenvalue weighted by molar-refractivity contribution is -0.108. The van der Waals surface area contributed by atoms with Crippen LogP contribution in [0.15, 0.2) is 0 Å². The second-order valence-corrected chi connectivity index (χ2v) is 7.71. The number of hydrogen-bond donors (Lipinski definition) is 2. The molecule has 3 heteroatoms. The van der Waals surface area contributed by atoms with Gasteiger partial charge in [-0.1, -0.05) is 40.5 Å². The van der Waals surface area contributed by atoms with Crippen molar-refractivity contribution in [3.63, 3.8) is 0 Å². The van der Waals surface area contributed by atoms with Gasteiger partial charge in [0.25, 0.3) is 0 Å². The summed E-state index contributed by atoms with van der Waals surface area (Å²) in [6.07, 6.45) is 8.34. The minimum atomic E-state index is -0.0456. The monoisotopic (exact) mass is 284 g/mol. The van der Waals surface area contributed by atoms with E-state index in [0.29, 0.717) is 5.41 Å². The normalized spacial score (nSPS) is 22.9. The Balaban J connectivity index is 2.66. The zero-order chi connectivity index (χ0) is 15.2. The van der Waals surface area contributed by atoms with Gasteiger partial charge in [-0.2, -0.15) is 0 Å². The topological polar surface area (TPSA) is 47.3 Å². The second-order valence-electron chi connectivity index (χ2n) is 7.71. The van der Waals surface area contributed by atoms with Gasteiger partial charge in [0.15, 0.2) is 0 Å². The summed E-state index contributed by atoms with van der Waals surface area (Å²) in [7, 11) is 0. The molecule has 0 spiro atoms. The number of ether oxygens (including phenoxy) is 1. The predicted octanol–water partition coefficient (Wildman–Crippen LogP) is 4.02. The molecule has 0 aromatic heterocycles. The Labute approximate surface area is 126 Å². The van der Waals surface area contributed by atoms with Crippen LogP contribution in [0.25, 0.3) is 0 Å². The third-order valence-corrected chi connectivity index (χ3v) is 4.99. The van der Waals surface area contributed by atoms with Crippen molar-refractivity contribution in [2.45, 2.75) is 91.2 Å². The molecule has 1 rings (SSSR count). The first kappa shape index (κ1) is 17.9. The van der Waals surface area contributed by atoms with Crippen LogP contribution in [0.5, 0.6) is 0 Å². The van der Waals surface area contributed by atoms with E-state index in [2.05, 4.69) is 40.0 Å². The van der Waals surface area contributed by atoms with Gasteiger partial charge in [-0.3, -0.25) is 11.3 Å². The zero-order valence-electron chi connectivity index (χ0n) is 14.3. The van der Waals surface area contributed by atoms with E-state index >= 15 is 0 Å². The Hall–Kier alpha value is -0.120. The van der Waals surface area contributed by atoms with E-state index in [4.69, 9.17) is 10.6 Å². The number of hydrogen-bond acceptors (Lipinski definition) is 3. The maximum absolute atomic E-state index is 6.23. The molecule has 3 N–H and O–H groups in total. The van der Waals surface area contributed by atoms with Gasteiger partial charge in [0.05, 0.1) is 11.6 Å². The fourth-order valence-corrected chi connectivity index (χ4v) is 3.46. The Bertz CT molecular complexity index is 266. The highest BCUT2D eigenvalue weighted by Crippen LogP contribution is 2.44. The van der Waals surface area contributed by atoms with Gasteiger partial charge in [-0.15, -0.1) is 0 Å². The van der Waals surface area contributed by atoms with E-state index in [1.54, 1.807) is 0 Å². The van der Waals surface area contributed by atoms with Gasteiger partial charge in [0, 0.05) is 6.61 Å². The molecule has 0 heterocycles. The van der Waals surface area contributed by atoms with Crippen LogP contribution in [0.4, 0.5) is 0 Å². The largest absolute Gasteiger partial charge is 0.374 e. The zero-order valence-corrected chi connectivity index (χ0v) is 14.3. The summed E-state index contributed by atoms with van der Waals surface area (Å²) < 4.78 is 6.23. The van der Waals surface area contributed by atoms with Gasteiger partial charge in [0.1, 0.15) is 0 Å². The molecule has 0 saturated heterocycles. The smallest absolute Gasteiger partial charge is 0.0848 e. The van der Waals surface area contributed by atoms with Gasteiger partial charge >= 0.3 is 0 Å². The number of hydrazine groups is 1. The molecule has 0 radical (unpaired) electrons. The SMILES string of the molecule is CCOC1(C(CCCC(C)C)NN)CCC(C)(C)CC1. The summed E-state index contributed by atoms with van der Waals surface area (Å²) in [6, 6.07) is 0.289. The van der Waals surface area contributed by atoms with Gasteiger partial charge in [-0.05, 0) is 50.4 Å². The molecule has 1 unspecified atom stereocenters. The highest BCUT2D eigenvalue weighted by molar-refractivity contribution is 4.98. The minimum Gasteiger partial charge on any atom is -0.374 e. The molecule has 1 atom stereocenters. The lowest BCUT2D eigenvalue weighted by Crippen LogP contribution is -2.57. The van der Waals surface area contributed by atoms with Crippen molar-refractivity contribution in [3.05, 3.63) is 0 Å². The van der Waals surface area contributed by atoms with Crippen molar-refractivity contribution in [3.8, 4) is 0 Å². The summed E-state index contributed by atoms with van der Waals surface area (Å²) in [5.41, 5.74) is 3.48. The Kier molecular flexibility index (Phi) is 6.96. The van der Waals surface area contributed by atoms with Gasteiger partial charge < -0.3 is 4.74 Å². The quantitative estimate of drug-likeness (QED) is 0.523. The van der Waals surface area contributed by atoms with Gasteiger partial charge in [0.2, 0.25) is 0 Å². The van der Waals surface area contributed by atoms with Crippen LogP contribution in [-0.4, -0.2) is 18.2 Å². The van der Waals surface area contributed by atoms with E-state index in [-0.39, 0.29) is 11.6 Å². The molecule has 0 aliphatic heterocycles. The first-order chi connectivity index (χ1) is 9.35. The van der Waals surface area contributed by atoms with Crippen LogP contribution in [0.1, 0.15) is 79.6 Å². The third-order valence-electron chi connectivity index (χ3n) is 4.99. The van der Waals surface area contributed by atoms with Crippen molar-refractivity contribution in [2.75, 3.05) is 6.61 Å². The highest BCUT2D eigenvalue weighted by atomic mass is 16.5. The van der Waals surface area contributed by atoms with Crippen LogP contribution >= 0.6 is 0 Å². The molecule has 120 valence electrons. The van der Waals surface area contributed by atoms with E-state index in [9.17, 15) is 0 Å². The van der Waals surface area contributed by atoms with Crippen molar-refractivity contribution in [1.82, 2.24) is 5.43 Å². The van der Waals surface area contributed by atoms with Crippen molar-refractivity contribution in [2.24, 2.45) is 17.2 Å². The van der Waals surface area contributed by atoms with Crippen LogP contribution < -0.4 is 11.3 Å². The number of rotatable bonds is 8. The fraction of sp³-hybridized carbons (Fsp3) is 1.00. The standard InChI is InChI=1S/C17H36N2O/c1-6-20-17(12-10-16(4,5)11-13-17)15(19-18)9-7-8-14(2)3/h14-15,19H,6-13,18H2,1-5H3. The molecule has 0 amide bonds. The molecule has 1 fully saturated rings. The van der Waals surface area contributed by atoms with Crippen LogP contribution in [0, 0.1) is 11.3 Å². The Morgan fingerprint density at radius 1 is 1.10 bits per heavy atom. The summed E-state index contributed by atoms with van der Waals surface area (Å²) in [6.45, 7) is 12.2. The molecule has 0 aromatic rings. The van der Waals surface area contributed by atoms with E-state index < -0.39 is 0 Å². The molecule has 1 aliphatic rings. The second kappa shape index (κ2) is 7.77. The summed E-state index contributed by atoms with van der Waals surface area (Å²) in [5, 5.41) is 0. The maximum Gasteiger partial charge on any atom is 0.0848 e. The number of nitrogens with two attached hydrogens (primary N) is 1.